The lowest BCUT2D eigenvalue weighted by Crippen LogP contribution is -2.35. The summed E-state index contributed by atoms with van der Waals surface area (Å²) in [5.74, 6) is 0.737. The quantitative estimate of drug-likeness (QED) is 0.612. The lowest BCUT2D eigenvalue weighted by Gasteiger charge is -1.96. The van der Waals surface area contributed by atoms with E-state index in [-0.39, 0.29) is 0 Å². The van der Waals surface area contributed by atoms with Crippen molar-refractivity contribution in [3.8, 4) is 0 Å². The van der Waals surface area contributed by atoms with Crippen molar-refractivity contribution in [2.75, 3.05) is 5.73 Å². The third-order valence-electron chi connectivity index (χ3n) is 2.64. The van der Waals surface area contributed by atoms with Crippen LogP contribution >= 0.6 is 0 Å². The lowest BCUT2D eigenvalue weighted by molar-refractivity contribution is -0.646. The van der Waals surface area contributed by atoms with Gasteiger partial charge < -0.3 is 0 Å². The number of rotatable bonds is 4. The second-order valence-corrected chi connectivity index (χ2v) is 3.65. The second kappa shape index (κ2) is 4.23. The van der Waals surface area contributed by atoms with E-state index in [0.717, 1.165) is 30.1 Å². The van der Waals surface area contributed by atoms with Crippen molar-refractivity contribution < 1.29 is 4.57 Å². The minimum Gasteiger partial charge on any atom is -0.290 e. The molecule has 0 saturated heterocycles. The van der Waals surface area contributed by atoms with Gasteiger partial charge in [0.25, 0.3) is 0 Å². The van der Waals surface area contributed by atoms with Crippen LogP contribution in [0.25, 0.3) is 11.0 Å². The van der Waals surface area contributed by atoms with Crippen LogP contribution < -0.4 is 10.3 Å². The number of nitrogens with zero attached hydrogens (tertiary/aromatic N) is 2. The van der Waals surface area contributed by atoms with E-state index in [0.29, 0.717) is 0 Å². The molecule has 3 heteroatoms. The molecule has 2 aromatic rings. The smallest absolute Gasteiger partial charge is 0.290 e. The number of aromatic nitrogens is 2. The largest absolute Gasteiger partial charge is 0.356 e. The predicted octanol–water partition coefficient (Wildman–Crippen LogP) is 1.88. The van der Waals surface area contributed by atoms with Crippen molar-refractivity contribution in [1.82, 2.24) is 4.57 Å². The van der Waals surface area contributed by atoms with Crippen LogP contribution in [0.5, 0.6) is 0 Å². The first-order valence-corrected chi connectivity index (χ1v) is 5.28. The van der Waals surface area contributed by atoms with Gasteiger partial charge in [-0.3, -0.25) is 5.73 Å². The van der Waals surface area contributed by atoms with Crippen molar-refractivity contribution in [2.45, 2.75) is 13.1 Å². The van der Waals surface area contributed by atoms with Gasteiger partial charge in [0.2, 0.25) is 0 Å². The number of nitrogen functional groups attached to an aromatic ring is 1. The number of allylic oxidation sites excluding steroid dienone is 2. The van der Waals surface area contributed by atoms with E-state index in [1.165, 1.54) is 0 Å². The van der Waals surface area contributed by atoms with E-state index in [1.54, 1.807) is 0 Å². The molecule has 0 aliphatic heterocycles. The molecular weight excluding hydrogens is 198 g/mol. The van der Waals surface area contributed by atoms with Gasteiger partial charge in [-0.15, -0.1) is 0 Å². The van der Waals surface area contributed by atoms with Gasteiger partial charge in [0.1, 0.15) is 11.0 Å². The van der Waals surface area contributed by atoms with E-state index in [1.807, 2.05) is 33.4 Å². The Morgan fingerprint density at radius 2 is 2.00 bits per heavy atom. The third kappa shape index (κ3) is 1.50. The number of imidazole rings is 1. The Labute approximate surface area is 95.1 Å². The molecule has 16 heavy (non-hydrogen) atoms. The second-order valence-electron chi connectivity index (χ2n) is 3.65. The van der Waals surface area contributed by atoms with Gasteiger partial charge in [-0.1, -0.05) is 37.4 Å². The average Bonchev–Trinajstić information content (AvgIpc) is 2.56. The third-order valence-corrected chi connectivity index (χ3v) is 2.64. The maximum Gasteiger partial charge on any atom is 0.356 e. The first-order valence-electron chi connectivity index (χ1n) is 5.28. The summed E-state index contributed by atoms with van der Waals surface area (Å²) >= 11 is 0. The number of anilines is 1. The molecule has 0 amide bonds. The molecule has 0 atom stereocenters. The van der Waals surface area contributed by atoms with E-state index in [9.17, 15) is 0 Å². The van der Waals surface area contributed by atoms with Crippen molar-refractivity contribution in [2.24, 2.45) is 0 Å². The van der Waals surface area contributed by atoms with Crippen molar-refractivity contribution in [3.63, 3.8) is 0 Å². The van der Waals surface area contributed by atoms with E-state index in [2.05, 4.69) is 25.3 Å². The molecule has 1 heterocycles. The number of hydrogen-bond acceptors (Lipinski definition) is 1. The highest BCUT2D eigenvalue weighted by Gasteiger charge is 2.18. The zero-order valence-electron chi connectivity index (χ0n) is 9.26. The molecule has 0 fully saturated rings. The molecule has 2 N–H and O–H groups in total. The van der Waals surface area contributed by atoms with E-state index >= 15 is 0 Å². The van der Waals surface area contributed by atoms with Crippen molar-refractivity contribution >= 4 is 17.0 Å². The Balaban J connectivity index is 2.73. The zero-order chi connectivity index (χ0) is 11.5. The minimum absolute atomic E-state index is 0.719. The summed E-state index contributed by atoms with van der Waals surface area (Å²) in [7, 11) is 0. The summed E-state index contributed by atoms with van der Waals surface area (Å²) < 4.78 is 4.09. The topological polar surface area (TPSA) is 34.8 Å². The fourth-order valence-corrected chi connectivity index (χ4v) is 1.96. The standard InChI is InChI=1S/C13H15N3/c1-3-9-15-11-7-5-6-8-12(11)16(10-4-2)13(15)14/h3-8,14H,1-2,9-10H2/p+1. The number of nitrogens with two attached hydrogens (primary N) is 1. The maximum atomic E-state index is 6.12. The van der Waals surface area contributed by atoms with Gasteiger partial charge in [0.05, 0.1) is 13.1 Å². The van der Waals surface area contributed by atoms with Crippen LogP contribution in [0.3, 0.4) is 0 Å². The van der Waals surface area contributed by atoms with Crippen LogP contribution in [0.4, 0.5) is 5.95 Å². The van der Waals surface area contributed by atoms with Gasteiger partial charge in [0.15, 0.2) is 0 Å². The summed E-state index contributed by atoms with van der Waals surface area (Å²) in [5, 5.41) is 0. The first-order chi connectivity index (χ1) is 7.79. The molecule has 0 aliphatic carbocycles. The highest BCUT2D eigenvalue weighted by atomic mass is 15.2. The molecule has 1 aromatic heterocycles. The molecule has 2 rings (SSSR count). The summed E-state index contributed by atoms with van der Waals surface area (Å²) in [6.07, 6.45) is 3.70. The molecule has 0 spiro atoms. The number of benzene rings is 1. The van der Waals surface area contributed by atoms with Gasteiger partial charge in [-0.05, 0) is 12.1 Å². The Morgan fingerprint density at radius 1 is 1.25 bits per heavy atom. The fourth-order valence-electron chi connectivity index (χ4n) is 1.96. The molecule has 0 unspecified atom stereocenters. The van der Waals surface area contributed by atoms with Gasteiger partial charge in [0, 0.05) is 0 Å². The van der Waals surface area contributed by atoms with Crippen molar-refractivity contribution in [1.29, 1.82) is 0 Å². The Bertz CT molecular complexity index is 490. The summed E-state index contributed by atoms with van der Waals surface area (Å²) in [4.78, 5) is 0. The monoisotopic (exact) mass is 214 g/mol. The highest BCUT2D eigenvalue weighted by Crippen LogP contribution is 2.15. The van der Waals surface area contributed by atoms with Crippen LogP contribution in [0, 0.1) is 0 Å². The molecule has 0 radical (unpaired) electrons. The molecule has 3 nitrogen and oxygen atoms in total. The average molecular weight is 214 g/mol. The first kappa shape index (κ1) is 10.5. The maximum absolute atomic E-state index is 6.12. The summed E-state index contributed by atoms with van der Waals surface area (Å²) in [6.45, 7) is 8.94. The van der Waals surface area contributed by atoms with Crippen LogP contribution in [0.15, 0.2) is 49.6 Å². The molecule has 1 aromatic carbocycles. The SMILES string of the molecule is C=CCn1c(N)[n+](CC=C)c2ccccc21. The molecule has 0 bridgehead atoms. The Hall–Kier alpha value is -2.03. The van der Waals surface area contributed by atoms with Crippen LogP contribution in [0.2, 0.25) is 0 Å². The van der Waals surface area contributed by atoms with Crippen molar-refractivity contribution in [3.05, 3.63) is 49.6 Å². The predicted molar refractivity (Wildman–Crippen MR) is 66.9 cm³/mol. The molecule has 0 saturated carbocycles. The van der Waals surface area contributed by atoms with Crippen LogP contribution in [-0.4, -0.2) is 4.57 Å². The molecule has 82 valence electrons. The molecule has 0 aliphatic rings. The lowest BCUT2D eigenvalue weighted by atomic mass is 10.3. The summed E-state index contributed by atoms with van der Waals surface area (Å²) in [5.41, 5.74) is 8.37. The number of hydrogen-bond donors (Lipinski definition) is 1. The number of para-hydroxylation sites is 2. The zero-order valence-corrected chi connectivity index (χ0v) is 9.26. The minimum atomic E-state index is 0.719. The van der Waals surface area contributed by atoms with Gasteiger partial charge in [-0.2, -0.15) is 0 Å². The Kier molecular flexibility index (Phi) is 2.77. The van der Waals surface area contributed by atoms with Crippen LogP contribution in [0.1, 0.15) is 0 Å². The number of fused-ring (bicyclic) bond motifs is 1. The highest BCUT2D eigenvalue weighted by molar-refractivity contribution is 5.73. The van der Waals surface area contributed by atoms with E-state index < -0.39 is 0 Å². The normalized spacial score (nSPS) is 10.5. The fraction of sp³-hybridized carbons (Fsp3) is 0.154. The van der Waals surface area contributed by atoms with Crippen LogP contribution in [-0.2, 0) is 13.1 Å². The molecular formula is C13H16N3+. The van der Waals surface area contributed by atoms with Gasteiger partial charge >= 0.3 is 5.95 Å². The summed E-state index contributed by atoms with van der Waals surface area (Å²) in [6, 6.07) is 8.16. The van der Waals surface area contributed by atoms with Gasteiger partial charge in [-0.25, -0.2) is 9.13 Å². The Morgan fingerprint density at radius 3 is 2.69 bits per heavy atom. The van der Waals surface area contributed by atoms with E-state index in [4.69, 9.17) is 5.73 Å².